The van der Waals surface area contributed by atoms with Gasteiger partial charge in [0.05, 0.1) is 24.4 Å². The second-order valence-corrected chi connectivity index (χ2v) is 12.7. The normalized spacial score (nSPS) is 26.9. The van der Waals surface area contributed by atoms with E-state index >= 15 is 0 Å². The minimum absolute atomic E-state index is 0.167. The van der Waals surface area contributed by atoms with Crippen LogP contribution in [0.25, 0.3) is 28.2 Å². The molecule has 4 bridgehead atoms. The van der Waals surface area contributed by atoms with Crippen LogP contribution in [0.4, 0.5) is 4.79 Å². The maximum absolute atomic E-state index is 14.2. The molecule has 240 valence electrons. The molecule has 3 aromatic rings. The Bertz CT molecular complexity index is 1660. The van der Waals surface area contributed by atoms with E-state index in [1.807, 2.05) is 86.7 Å². The van der Waals surface area contributed by atoms with Gasteiger partial charge in [-0.1, -0.05) is 74.4 Å². The molecule has 9 nitrogen and oxygen atoms in total. The van der Waals surface area contributed by atoms with E-state index in [9.17, 15) is 14.4 Å². The number of nitrogens with one attached hydrogen (secondary N) is 2. The molecule has 46 heavy (non-hydrogen) atoms. The van der Waals surface area contributed by atoms with Crippen molar-refractivity contribution < 1.29 is 23.9 Å². The Hall–Kier alpha value is -4.66. The number of alkyl carbamates (subject to hydrolysis) is 1. The number of fused-ring (bicyclic) bond motifs is 3. The van der Waals surface area contributed by atoms with Gasteiger partial charge in [-0.15, -0.1) is 6.58 Å². The summed E-state index contributed by atoms with van der Waals surface area (Å²) < 4.78 is 12.2. The molecule has 2 N–H and O–H groups in total. The number of hydrogen-bond acceptors (Lipinski definition) is 6. The maximum atomic E-state index is 14.2. The van der Waals surface area contributed by atoms with Gasteiger partial charge in [0.15, 0.2) is 0 Å². The molecule has 1 saturated carbocycles. The maximum Gasteiger partial charge on any atom is 0.407 e. The van der Waals surface area contributed by atoms with Gasteiger partial charge in [-0.05, 0) is 43.9 Å². The number of aromatic nitrogens is 1. The van der Waals surface area contributed by atoms with Gasteiger partial charge < -0.3 is 25.0 Å². The van der Waals surface area contributed by atoms with E-state index in [0.717, 1.165) is 47.0 Å². The standard InChI is InChI=1S/C37H42N4O5/c1-4-6-15-30-35(43)41-23-27(20-32(41)34(42)40-37(3)22-26(37)5-2)46-33-21-31(25-13-8-7-9-14-25)38-29-17-16-24(19-28(29)33)12-10-11-18-45-36(44)39-30/h5,7-10,12-14,16-17,19,21,26-27,30,32H,2,4,6,11,15,18,20,22-23H2,1,3H3,(H,39,44)(H,40,42)/b12-10+/t26-,27-,30+,32+,37-/m1/s1. The lowest BCUT2D eigenvalue weighted by atomic mass is 10.1. The molecule has 3 aliphatic rings. The highest BCUT2D eigenvalue weighted by atomic mass is 16.5. The Morgan fingerprint density at radius 3 is 2.78 bits per heavy atom. The van der Waals surface area contributed by atoms with Gasteiger partial charge in [0, 0.05) is 34.9 Å². The summed E-state index contributed by atoms with van der Waals surface area (Å²) in [5.74, 6) is 0.287. The average molecular weight is 623 g/mol. The third kappa shape index (κ3) is 6.78. The zero-order chi connectivity index (χ0) is 32.3. The first-order valence-corrected chi connectivity index (χ1v) is 16.3. The number of cyclic esters (lactones) is 1. The molecule has 5 atom stereocenters. The van der Waals surface area contributed by atoms with Gasteiger partial charge in [0.1, 0.15) is 23.9 Å². The summed E-state index contributed by atoms with van der Waals surface area (Å²) in [6.45, 7) is 8.29. The number of carbonyl (C=O) groups is 3. The summed E-state index contributed by atoms with van der Waals surface area (Å²) in [4.78, 5) is 47.3. The number of carbonyl (C=O) groups excluding carboxylic acids is 3. The molecule has 3 amide bonds. The van der Waals surface area contributed by atoms with Gasteiger partial charge in [-0.25, -0.2) is 9.78 Å². The molecular formula is C37H42N4O5. The second kappa shape index (κ2) is 13.4. The van der Waals surface area contributed by atoms with Crippen molar-refractivity contribution in [2.75, 3.05) is 13.2 Å². The Labute approximate surface area is 270 Å². The van der Waals surface area contributed by atoms with Crippen LogP contribution in [-0.2, 0) is 14.3 Å². The molecule has 2 aromatic carbocycles. The smallest absolute Gasteiger partial charge is 0.407 e. The van der Waals surface area contributed by atoms with Gasteiger partial charge >= 0.3 is 6.09 Å². The van der Waals surface area contributed by atoms with E-state index in [1.165, 1.54) is 0 Å². The van der Waals surface area contributed by atoms with Crippen molar-refractivity contribution in [1.29, 1.82) is 0 Å². The number of benzene rings is 2. The van der Waals surface area contributed by atoms with Crippen molar-refractivity contribution in [3.8, 4) is 17.0 Å². The summed E-state index contributed by atoms with van der Waals surface area (Å²) in [5.41, 5.74) is 3.08. The lowest BCUT2D eigenvalue weighted by molar-refractivity contribution is -0.140. The fraction of sp³-hybridized carbons (Fsp3) is 0.405. The molecule has 3 heterocycles. The van der Waals surface area contributed by atoms with E-state index in [1.54, 1.807) is 4.90 Å². The Balaban J connectivity index is 1.39. The van der Waals surface area contributed by atoms with Crippen molar-refractivity contribution in [1.82, 2.24) is 20.5 Å². The molecule has 6 rings (SSSR count). The quantitative estimate of drug-likeness (QED) is 0.312. The number of hydrogen-bond donors (Lipinski definition) is 2. The van der Waals surface area contributed by atoms with Crippen LogP contribution in [-0.4, -0.2) is 64.7 Å². The highest BCUT2D eigenvalue weighted by molar-refractivity contribution is 5.93. The van der Waals surface area contributed by atoms with Crippen LogP contribution < -0.4 is 15.4 Å². The number of nitrogens with zero attached hydrogens (tertiary/aromatic N) is 2. The van der Waals surface area contributed by atoms with E-state index in [2.05, 4.69) is 17.2 Å². The van der Waals surface area contributed by atoms with E-state index in [4.69, 9.17) is 14.5 Å². The predicted octanol–water partition coefficient (Wildman–Crippen LogP) is 6.03. The first-order valence-electron chi connectivity index (χ1n) is 16.3. The van der Waals surface area contributed by atoms with E-state index < -0.39 is 24.3 Å². The molecule has 2 aliphatic heterocycles. The summed E-state index contributed by atoms with van der Waals surface area (Å²) in [5, 5.41) is 6.81. The fourth-order valence-corrected chi connectivity index (χ4v) is 6.46. The van der Waals surface area contributed by atoms with E-state index in [0.29, 0.717) is 25.0 Å². The van der Waals surface area contributed by atoms with Crippen LogP contribution in [0, 0.1) is 5.92 Å². The monoisotopic (exact) mass is 622 g/mol. The lowest BCUT2D eigenvalue weighted by Crippen LogP contribution is -2.55. The molecule has 9 heteroatoms. The molecular weight excluding hydrogens is 580 g/mol. The number of amides is 3. The van der Waals surface area contributed by atoms with Gasteiger partial charge in [-0.3, -0.25) is 9.59 Å². The molecule has 0 radical (unpaired) electrons. The zero-order valence-corrected chi connectivity index (χ0v) is 26.5. The highest BCUT2D eigenvalue weighted by Gasteiger charge is 2.52. The fourth-order valence-electron chi connectivity index (χ4n) is 6.46. The summed E-state index contributed by atoms with van der Waals surface area (Å²) in [6.07, 6.45) is 8.32. The summed E-state index contributed by atoms with van der Waals surface area (Å²) in [7, 11) is 0. The molecule has 0 spiro atoms. The number of pyridine rings is 1. The molecule has 1 aromatic heterocycles. The van der Waals surface area contributed by atoms with E-state index in [-0.39, 0.29) is 36.4 Å². The molecule has 2 fully saturated rings. The van der Waals surface area contributed by atoms with Crippen molar-refractivity contribution in [3.63, 3.8) is 0 Å². The molecule has 1 aliphatic carbocycles. The van der Waals surface area contributed by atoms with Gasteiger partial charge in [0.25, 0.3) is 0 Å². The largest absolute Gasteiger partial charge is 0.488 e. The number of ether oxygens (including phenoxy) is 2. The first kappa shape index (κ1) is 31.3. The number of rotatable bonds is 7. The van der Waals surface area contributed by atoms with Crippen molar-refractivity contribution >= 4 is 34.9 Å². The van der Waals surface area contributed by atoms with Crippen LogP contribution in [0.2, 0.25) is 0 Å². The van der Waals surface area contributed by atoms with Crippen LogP contribution >= 0.6 is 0 Å². The topological polar surface area (TPSA) is 110 Å². The van der Waals surface area contributed by atoms with Crippen LogP contribution in [0.1, 0.15) is 57.9 Å². The summed E-state index contributed by atoms with van der Waals surface area (Å²) >= 11 is 0. The number of unbranched alkanes of at least 4 members (excludes halogenated alkanes) is 1. The molecule has 1 saturated heterocycles. The van der Waals surface area contributed by atoms with Crippen LogP contribution in [0.5, 0.6) is 5.75 Å². The zero-order valence-electron chi connectivity index (χ0n) is 26.5. The minimum atomic E-state index is -0.822. The molecule has 0 unspecified atom stereocenters. The Kier molecular flexibility index (Phi) is 9.10. The van der Waals surface area contributed by atoms with Crippen molar-refractivity contribution in [2.45, 2.75) is 76.1 Å². The van der Waals surface area contributed by atoms with Crippen LogP contribution in [0.3, 0.4) is 0 Å². The van der Waals surface area contributed by atoms with Crippen LogP contribution in [0.15, 0.2) is 73.3 Å². The average Bonchev–Trinajstić information content (AvgIpc) is 3.51. The minimum Gasteiger partial charge on any atom is -0.488 e. The third-order valence-corrected chi connectivity index (χ3v) is 9.27. The van der Waals surface area contributed by atoms with Gasteiger partial charge in [-0.2, -0.15) is 0 Å². The van der Waals surface area contributed by atoms with Crippen molar-refractivity contribution in [2.24, 2.45) is 5.92 Å². The Morgan fingerprint density at radius 2 is 2.02 bits per heavy atom. The highest BCUT2D eigenvalue weighted by Crippen LogP contribution is 2.44. The van der Waals surface area contributed by atoms with Gasteiger partial charge in [0.2, 0.25) is 11.8 Å². The summed E-state index contributed by atoms with van der Waals surface area (Å²) in [6, 6.07) is 16.3. The first-order chi connectivity index (χ1) is 22.3. The lowest BCUT2D eigenvalue weighted by Gasteiger charge is -2.29. The SMILES string of the molecule is C=C[C@@H]1C[C@@]1(C)NC(=O)[C@@H]1C[C@@H]2CN1C(=O)[C@H](CCCC)NC(=O)OCC/C=C/c1ccc3nc(-c4ccccc4)cc(c3c1)O2. The second-order valence-electron chi connectivity index (χ2n) is 12.7. The predicted molar refractivity (Wildman–Crippen MR) is 178 cm³/mol. The van der Waals surface area contributed by atoms with Crippen molar-refractivity contribution in [3.05, 3.63) is 78.9 Å². The third-order valence-electron chi connectivity index (χ3n) is 9.27. The Morgan fingerprint density at radius 1 is 1.20 bits per heavy atom.